The van der Waals surface area contributed by atoms with Crippen molar-refractivity contribution in [2.45, 2.75) is 30.4 Å². The Labute approximate surface area is 186 Å². The van der Waals surface area contributed by atoms with E-state index in [1.54, 1.807) is 0 Å². The highest BCUT2D eigenvalue weighted by Crippen LogP contribution is 2.20. The summed E-state index contributed by atoms with van der Waals surface area (Å²) in [5, 5.41) is 2.87. The average molecular weight is 456 g/mol. The van der Waals surface area contributed by atoms with E-state index in [0.717, 1.165) is 18.4 Å². The molecule has 32 heavy (non-hydrogen) atoms. The number of rotatable bonds is 7. The van der Waals surface area contributed by atoms with Crippen molar-refractivity contribution in [1.29, 1.82) is 0 Å². The van der Waals surface area contributed by atoms with Gasteiger partial charge >= 0.3 is 0 Å². The number of hydrogen-bond donors (Lipinski definition) is 2. The first-order chi connectivity index (χ1) is 15.4. The van der Waals surface area contributed by atoms with Crippen LogP contribution in [-0.2, 0) is 21.3 Å². The lowest BCUT2D eigenvalue weighted by Gasteiger charge is -2.17. The van der Waals surface area contributed by atoms with Crippen LogP contribution in [0.4, 0.5) is 0 Å². The monoisotopic (exact) mass is 455 g/mol. The Balaban J connectivity index is 1.60. The highest BCUT2D eigenvalue weighted by Gasteiger charge is 2.23. The second-order valence-electron chi connectivity index (χ2n) is 7.83. The van der Waals surface area contributed by atoms with Crippen LogP contribution in [0.15, 0.2) is 64.4 Å². The molecule has 168 valence electrons. The Morgan fingerprint density at radius 2 is 2.00 bits per heavy atom. The summed E-state index contributed by atoms with van der Waals surface area (Å²) in [7, 11) is -2.34. The predicted molar refractivity (Wildman–Crippen MR) is 121 cm³/mol. The van der Waals surface area contributed by atoms with Crippen LogP contribution in [0.1, 0.15) is 28.8 Å². The molecule has 1 fully saturated rings. The lowest BCUT2D eigenvalue weighted by Crippen LogP contribution is -2.34. The van der Waals surface area contributed by atoms with E-state index in [4.69, 9.17) is 4.74 Å². The molecule has 0 aliphatic carbocycles. The Kier molecular flexibility index (Phi) is 6.40. The third kappa shape index (κ3) is 4.59. The minimum atomic E-state index is -3.84. The summed E-state index contributed by atoms with van der Waals surface area (Å²) in [4.78, 5) is 28.4. The van der Waals surface area contributed by atoms with Gasteiger partial charge in [-0.3, -0.25) is 9.59 Å². The van der Waals surface area contributed by atoms with E-state index in [1.807, 2.05) is 30.3 Å². The molecule has 0 unspecified atom stereocenters. The smallest absolute Gasteiger partial charge is 0.256 e. The summed E-state index contributed by atoms with van der Waals surface area (Å²) < 4.78 is 32.9. The van der Waals surface area contributed by atoms with Gasteiger partial charge in [0.2, 0.25) is 15.5 Å². The van der Waals surface area contributed by atoms with E-state index in [9.17, 15) is 18.0 Å². The van der Waals surface area contributed by atoms with Crippen molar-refractivity contribution in [1.82, 2.24) is 14.6 Å². The quantitative estimate of drug-likeness (QED) is 0.568. The molecule has 0 radical (unpaired) electrons. The SMILES string of the molecule is CN(Cc1ccccc1)S(=O)(=O)c1ccc2[nH]cc(C(=O)NC[C@@H]3CCCO3)c(=O)c2c1. The van der Waals surface area contributed by atoms with Gasteiger partial charge in [-0.2, -0.15) is 4.31 Å². The first-order valence-corrected chi connectivity index (χ1v) is 11.9. The van der Waals surface area contributed by atoms with E-state index < -0.39 is 21.4 Å². The maximum atomic E-state index is 13.1. The number of aromatic amines is 1. The molecule has 0 spiro atoms. The van der Waals surface area contributed by atoms with Crippen molar-refractivity contribution in [3.8, 4) is 0 Å². The van der Waals surface area contributed by atoms with E-state index in [-0.39, 0.29) is 28.5 Å². The van der Waals surface area contributed by atoms with Crippen LogP contribution in [-0.4, -0.2) is 49.9 Å². The topological polar surface area (TPSA) is 109 Å². The van der Waals surface area contributed by atoms with Crippen LogP contribution in [0.3, 0.4) is 0 Å². The molecule has 1 aliphatic heterocycles. The fourth-order valence-corrected chi connectivity index (χ4v) is 4.93. The number of amides is 1. The van der Waals surface area contributed by atoms with Crippen LogP contribution in [0, 0.1) is 0 Å². The number of benzene rings is 2. The van der Waals surface area contributed by atoms with E-state index in [1.165, 1.54) is 35.7 Å². The van der Waals surface area contributed by atoms with Gasteiger partial charge < -0.3 is 15.0 Å². The molecule has 2 N–H and O–H groups in total. The molecule has 8 nitrogen and oxygen atoms in total. The average Bonchev–Trinajstić information content (AvgIpc) is 3.32. The zero-order valence-electron chi connectivity index (χ0n) is 17.7. The first-order valence-electron chi connectivity index (χ1n) is 10.4. The molecule has 4 rings (SSSR count). The van der Waals surface area contributed by atoms with Crippen molar-refractivity contribution < 1.29 is 17.9 Å². The van der Waals surface area contributed by atoms with Gasteiger partial charge in [-0.25, -0.2) is 8.42 Å². The fraction of sp³-hybridized carbons (Fsp3) is 0.304. The third-order valence-electron chi connectivity index (χ3n) is 5.57. The van der Waals surface area contributed by atoms with Crippen molar-refractivity contribution in [3.63, 3.8) is 0 Å². The number of fused-ring (bicyclic) bond motifs is 1. The standard InChI is InChI=1S/C23H25N3O5S/c1-26(15-16-6-3-2-4-7-16)32(29,30)18-9-10-21-19(12-18)22(27)20(14-24-21)23(28)25-13-17-8-5-11-31-17/h2-4,6-7,9-10,12,14,17H,5,8,11,13,15H2,1H3,(H,24,27)(H,25,28)/t17-/m0/s1. The molecule has 0 bridgehead atoms. The number of aromatic nitrogens is 1. The fourth-order valence-electron chi connectivity index (χ4n) is 3.74. The largest absolute Gasteiger partial charge is 0.376 e. The number of H-pyrrole nitrogens is 1. The number of carbonyl (C=O) groups is 1. The van der Waals surface area contributed by atoms with Crippen molar-refractivity contribution in [2.75, 3.05) is 20.2 Å². The second kappa shape index (κ2) is 9.23. The Bertz CT molecular complexity index is 1280. The molecule has 0 saturated carbocycles. The van der Waals surface area contributed by atoms with Crippen LogP contribution in [0.25, 0.3) is 10.9 Å². The molecular formula is C23H25N3O5S. The van der Waals surface area contributed by atoms with Crippen LogP contribution in [0.5, 0.6) is 0 Å². The number of nitrogens with one attached hydrogen (secondary N) is 2. The molecule has 1 aromatic heterocycles. The zero-order chi connectivity index (χ0) is 22.7. The Hall–Kier alpha value is -3.01. The van der Waals surface area contributed by atoms with Gasteiger partial charge in [0.15, 0.2) is 0 Å². The highest BCUT2D eigenvalue weighted by atomic mass is 32.2. The Morgan fingerprint density at radius 3 is 2.72 bits per heavy atom. The van der Waals surface area contributed by atoms with E-state index in [2.05, 4.69) is 10.3 Å². The van der Waals surface area contributed by atoms with Gasteiger partial charge in [0, 0.05) is 43.8 Å². The van der Waals surface area contributed by atoms with Gasteiger partial charge in [-0.1, -0.05) is 30.3 Å². The molecule has 2 aromatic carbocycles. The summed E-state index contributed by atoms with van der Waals surface area (Å²) in [5.41, 5.74) is 0.715. The summed E-state index contributed by atoms with van der Waals surface area (Å²) in [6.45, 7) is 1.20. The molecule has 1 aliphatic rings. The summed E-state index contributed by atoms with van der Waals surface area (Å²) in [5.74, 6) is -0.516. The first kappa shape index (κ1) is 22.2. The van der Waals surface area contributed by atoms with Crippen molar-refractivity contribution in [2.24, 2.45) is 0 Å². The van der Waals surface area contributed by atoms with E-state index >= 15 is 0 Å². The van der Waals surface area contributed by atoms with Gasteiger partial charge in [0.25, 0.3) is 5.91 Å². The molecule has 1 saturated heterocycles. The highest BCUT2D eigenvalue weighted by molar-refractivity contribution is 7.89. The lowest BCUT2D eigenvalue weighted by molar-refractivity contribution is 0.0857. The number of ether oxygens (including phenoxy) is 1. The van der Waals surface area contributed by atoms with Crippen LogP contribution in [0.2, 0.25) is 0 Å². The summed E-state index contributed by atoms with van der Waals surface area (Å²) in [6, 6.07) is 13.6. The maximum absolute atomic E-state index is 13.1. The molecular weight excluding hydrogens is 430 g/mol. The second-order valence-corrected chi connectivity index (χ2v) is 9.88. The summed E-state index contributed by atoms with van der Waals surface area (Å²) >= 11 is 0. The lowest BCUT2D eigenvalue weighted by atomic mass is 10.1. The van der Waals surface area contributed by atoms with Gasteiger partial charge in [-0.05, 0) is 36.6 Å². The molecule has 2 heterocycles. The normalized spacial score (nSPS) is 16.5. The molecule has 1 amide bonds. The summed E-state index contributed by atoms with van der Waals surface area (Å²) in [6.07, 6.45) is 3.13. The Morgan fingerprint density at radius 1 is 1.22 bits per heavy atom. The van der Waals surface area contributed by atoms with Crippen molar-refractivity contribution in [3.05, 3.63) is 76.1 Å². The minimum absolute atomic E-state index is 0.00848. The molecule has 9 heteroatoms. The third-order valence-corrected chi connectivity index (χ3v) is 7.37. The zero-order valence-corrected chi connectivity index (χ0v) is 18.5. The number of carbonyl (C=O) groups excluding carboxylic acids is 1. The number of pyridine rings is 1. The van der Waals surface area contributed by atoms with Gasteiger partial charge in [0.05, 0.1) is 11.0 Å². The predicted octanol–water partition coefficient (Wildman–Crippen LogP) is 2.26. The van der Waals surface area contributed by atoms with Crippen molar-refractivity contribution >= 4 is 26.8 Å². The van der Waals surface area contributed by atoms with E-state index in [0.29, 0.717) is 18.7 Å². The van der Waals surface area contributed by atoms with Gasteiger partial charge in [0.1, 0.15) is 5.56 Å². The molecule has 3 aromatic rings. The van der Waals surface area contributed by atoms with Crippen LogP contribution >= 0.6 is 0 Å². The van der Waals surface area contributed by atoms with Gasteiger partial charge in [-0.15, -0.1) is 0 Å². The molecule has 1 atom stereocenters. The number of hydrogen-bond acceptors (Lipinski definition) is 5. The maximum Gasteiger partial charge on any atom is 0.256 e. The number of sulfonamides is 1. The number of nitrogens with zero attached hydrogens (tertiary/aromatic N) is 1. The van der Waals surface area contributed by atoms with Crippen LogP contribution < -0.4 is 10.7 Å². The minimum Gasteiger partial charge on any atom is -0.376 e.